The Hall–Kier alpha value is -1.56. The van der Waals surface area contributed by atoms with Crippen molar-refractivity contribution in [3.8, 4) is 11.5 Å². The van der Waals surface area contributed by atoms with Crippen LogP contribution in [0.2, 0.25) is 0 Å². The molecule has 20 heavy (non-hydrogen) atoms. The molecule has 7 heteroatoms. The number of rotatable bonds is 5. The van der Waals surface area contributed by atoms with Crippen molar-refractivity contribution in [1.29, 1.82) is 0 Å². The fourth-order valence-electron chi connectivity index (χ4n) is 2.15. The lowest BCUT2D eigenvalue weighted by atomic mass is 10.1. The Kier molecular flexibility index (Phi) is 4.65. The van der Waals surface area contributed by atoms with E-state index in [1.807, 2.05) is 0 Å². The minimum Gasteiger partial charge on any atom is -0.493 e. The van der Waals surface area contributed by atoms with Gasteiger partial charge in [-0.25, -0.2) is 0 Å². The average Bonchev–Trinajstić information content (AvgIpc) is 2.80. The lowest BCUT2D eigenvalue weighted by Crippen LogP contribution is -2.24. The summed E-state index contributed by atoms with van der Waals surface area (Å²) in [5.41, 5.74) is 0.584. The molecule has 1 heterocycles. The van der Waals surface area contributed by atoms with Gasteiger partial charge in [0.25, 0.3) is 0 Å². The Morgan fingerprint density at radius 3 is 2.75 bits per heavy atom. The third kappa shape index (κ3) is 3.12. The number of benzene rings is 1. The topological polar surface area (TPSA) is 38.8 Å². The van der Waals surface area contributed by atoms with E-state index in [-0.39, 0.29) is 23.3 Å². The number of halogens is 3. The van der Waals surface area contributed by atoms with E-state index in [1.165, 1.54) is 19.2 Å². The van der Waals surface area contributed by atoms with Crippen molar-refractivity contribution in [2.45, 2.75) is 13.0 Å². The van der Waals surface area contributed by atoms with Gasteiger partial charge in [-0.3, -0.25) is 4.79 Å². The predicted molar refractivity (Wildman–Crippen MR) is 70.8 cm³/mol. The molecule has 1 fully saturated rings. The van der Waals surface area contributed by atoms with Gasteiger partial charge >= 0.3 is 6.61 Å². The minimum atomic E-state index is -2.93. The van der Waals surface area contributed by atoms with Crippen LogP contribution in [0.1, 0.15) is 6.42 Å². The fourth-order valence-corrected chi connectivity index (χ4v) is 2.36. The van der Waals surface area contributed by atoms with E-state index in [9.17, 15) is 13.6 Å². The molecule has 1 aromatic carbocycles. The Morgan fingerprint density at radius 1 is 1.45 bits per heavy atom. The van der Waals surface area contributed by atoms with E-state index in [0.717, 1.165) is 0 Å². The number of amides is 1. The number of hydrogen-bond acceptors (Lipinski definition) is 3. The molecule has 0 radical (unpaired) electrons. The second-order valence-corrected chi connectivity index (χ2v) is 4.75. The molecule has 0 N–H and O–H groups in total. The van der Waals surface area contributed by atoms with E-state index in [2.05, 4.69) is 4.74 Å². The standard InChI is InChI=1S/C13H14ClF2NO3/c1-19-11-5-9(2-3-10(11)20-13(15)16)17-7-8(6-14)4-12(17)18/h2-3,5,8,13H,4,6-7H2,1H3. The van der Waals surface area contributed by atoms with Crippen molar-refractivity contribution in [1.82, 2.24) is 0 Å². The van der Waals surface area contributed by atoms with Gasteiger partial charge < -0.3 is 14.4 Å². The second kappa shape index (κ2) is 6.26. The Bertz CT molecular complexity index is 499. The molecule has 0 saturated carbocycles. The molecule has 0 spiro atoms. The van der Waals surface area contributed by atoms with Crippen LogP contribution in [0.4, 0.5) is 14.5 Å². The molecule has 110 valence electrons. The second-order valence-electron chi connectivity index (χ2n) is 4.44. The van der Waals surface area contributed by atoms with Gasteiger partial charge in [0.2, 0.25) is 5.91 Å². The third-order valence-electron chi connectivity index (χ3n) is 3.10. The monoisotopic (exact) mass is 305 g/mol. The molecular formula is C13H14ClF2NO3. The summed E-state index contributed by atoms with van der Waals surface area (Å²) in [7, 11) is 1.35. The van der Waals surface area contributed by atoms with Crippen LogP contribution >= 0.6 is 11.6 Å². The number of anilines is 1. The van der Waals surface area contributed by atoms with Crippen molar-refractivity contribution in [3.05, 3.63) is 18.2 Å². The van der Waals surface area contributed by atoms with Gasteiger partial charge in [0, 0.05) is 30.6 Å². The van der Waals surface area contributed by atoms with E-state index in [0.29, 0.717) is 24.5 Å². The summed E-state index contributed by atoms with van der Waals surface area (Å²) >= 11 is 5.76. The number of carbonyl (C=O) groups is 1. The van der Waals surface area contributed by atoms with Crippen molar-refractivity contribution in [3.63, 3.8) is 0 Å². The first kappa shape index (κ1) is 14.8. The average molecular weight is 306 g/mol. The van der Waals surface area contributed by atoms with Crippen molar-refractivity contribution < 1.29 is 23.0 Å². The van der Waals surface area contributed by atoms with Crippen LogP contribution in [0.5, 0.6) is 11.5 Å². The molecule has 2 rings (SSSR count). The van der Waals surface area contributed by atoms with Gasteiger partial charge in [-0.1, -0.05) is 0 Å². The zero-order chi connectivity index (χ0) is 14.7. The molecule has 1 aliphatic rings. The Balaban J connectivity index is 2.23. The van der Waals surface area contributed by atoms with Crippen LogP contribution in [0.15, 0.2) is 18.2 Å². The number of methoxy groups -OCH3 is 1. The fraction of sp³-hybridized carbons (Fsp3) is 0.462. The first-order valence-corrected chi connectivity index (χ1v) is 6.57. The van der Waals surface area contributed by atoms with Crippen LogP contribution in [0.3, 0.4) is 0 Å². The normalized spacial score (nSPS) is 18.8. The minimum absolute atomic E-state index is 0.0415. The largest absolute Gasteiger partial charge is 0.493 e. The molecule has 1 aromatic rings. The number of nitrogens with zero attached hydrogens (tertiary/aromatic N) is 1. The zero-order valence-corrected chi connectivity index (χ0v) is 11.6. The first-order valence-electron chi connectivity index (χ1n) is 6.04. The maximum absolute atomic E-state index is 12.2. The van der Waals surface area contributed by atoms with Crippen LogP contribution in [-0.2, 0) is 4.79 Å². The van der Waals surface area contributed by atoms with Gasteiger partial charge in [-0.2, -0.15) is 8.78 Å². The predicted octanol–water partition coefficient (Wildman–Crippen LogP) is 2.89. The molecule has 0 aromatic heterocycles. The smallest absolute Gasteiger partial charge is 0.387 e. The zero-order valence-electron chi connectivity index (χ0n) is 10.8. The summed E-state index contributed by atoms with van der Waals surface area (Å²) in [5, 5.41) is 0. The highest BCUT2D eigenvalue weighted by Crippen LogP contribution is 2.35. The number of hydrogen-bond donors (Lipinski definition) is 0. The van der Waals surface area contributed by atoms with E-state index >= 15 is 0 Å². The highest BCUT2D eigenvalue weighted by atomic mass is 35.5. The van der Waals surface area contributed by atoms with E-state index in [4.69, 9.17) is 16.3 Å². The molecule has 0 aliphatic carbocycles. The summed E-state index contributed by atoms with van der Waals surface area (Å²) in [5.74, 6) is 0.565. The first-order chi connectivity index (χ1) is 9.55. The summed E-state index contributed by atoms with van der Waals surface area (Å²) in [4.78, 5) is 13.5. The highest BCUT2D eigenvalue weighted by Gasteiger charge is 2.30. The van der Waals surface area contributed by atoms with Gasteiger partial charge in [0.15, 0.2) is 11.5 Å². The van der Waals surface area contributed by atoms with Crippen molar-refractivity contribution >= 4 is 23.2 Å². The number of carbonyl (C=O) groups excluding carboxylic acids is 1. The maximum Gasteiger partial charge on any atom is 0.387 e. The van der Waals surface area contributed by atoms with Gasteiger partial charge in [0.05, 0.1) is 7.11 Å². The summed E-state index contributed by atoms with van der Waals surface area (Å²) in [6, 6.07) is 4.42. The van der Waals surface area contributed by atoms with E-state index < -0.39 is 6.61 Å². The Labute approximate surface area is 120 Å². The number of ether oxygens (including phenoxy) is 2. The lowest BCUT2D eigenvalue weighted by molar-refractivity contribution is -0.117. The maximum atomic E-state index is 12.2. The molecular weight excluding hydrogens is 292 g/mol. The van der Waals surface area contributed by atoms with Gasteiger partial charge in [-0.15, -0.1) is 11.6 Å². The Morgan fingerprint density at radius 2 is 2.20 bits per heavy atom. The van der Waals surface area contributed by atoms with Crippen molar-refractivity contribution in [2.75, 3.05) is 24.4 Å². The SMILES string of the molecule is COc1cc(N2CC(CCl)CC2=O)ccc1OC(F)F. The lowest BCUT2D eigenvalue weighted by Gasteiger charge is -2.18. The van der Waals surface area contributed by atoms with Crippen LogP contribution < -0.4 is 14.4 Å². The van der Waals surface area contributed by atoms with Gasteiger partial charge in [0.1, 0.15) is 0 Å². The number of alkyl halides is 3. The molecule has 1 atom stereocenters. The quantitative estimate of drug-likeness (QED) is 0.785. The molecule has 1 unspecified atom stereocenters. The third-order valence-corrected chi connectivity index (χ3v) is 3.53. The summed E-state index contributed by atoms with van der Waals surface area (Å²) < 4.78 is 33.8. The highest BCUT2D eigenvalue weighted by molar-refractivity contribution is 6.18. The van der Waals surface area contributed by atoms with Crippen LogP contribution in [-0.4, -0.2) is 32.1 Å². The van der Waals surface area contributed by atoms with Crippen LogP contribution in [0, 0.1) is 5.92 Å². The van der Waals surface area contributed by atoms with E-state index in [1.54, 1.807) is 11.0 Å². The molecule has 1 amide bonds. The van der Waals surface area contributed by atoms with Crippen molar-refractivity contribution in [2.24, 2.45) is 5.92 Å². The molecule has 1 aliphatic heterocycles. The molecule has 0 bridgehead atoms. The van der Waals surface area contributed by atoms with Gasteiger partial charge in [-0.05, 0) is 18.1 Å². The molecule has 1 saturated heterocycles. The summed E-state index contributed by atoms with van der Waals surface area (Å²) in [6.07, 6.45) is 0.390. The van der Waals surface area contributed by atoms with Crippen LogP contribution in [0.25, 0.3) is 0 Å². The molecule has 4 nitrogen and oxygen atoms in total. The summed E-state index contributed by atoms with van der Waals surface area (Å²) in [6.45, 7) is -2.41.